The summed E-state index contributed by atoms with van der Waals surface area (Å²) in [6.45, 7) is 10.3. The van der Waals surface area contributed by atoms with Crippen LogP contribution in [0.2, 0.25) is 0 Å². The minimum atomic E-state index is 0.838. The van der Waals surface area contributed by atoms with Gasteiger partial charge in [0.2, 0.25) is 0 Å². The minimum Gasteiger partial charge on any atom is -0.382 e. The van der Waals surface area contributed by atoms with Gasteiger partial charge in [-0.2, -0.15) is 0 Å². The smallest absolute Gasteiger partial charge is 0.0469 e. The average molecular weight is 272 g/mol. The normalized spacial score (nSPS) is 17.2. The van der Waals surface area contributed by atoms with Crippen molar-refractivity contribution < 1.29 is 9.47 Å². The van der Waals surface area contributed by atoms with Crippen molar-refractivity contribution in [1.29, 1.82) is 0 Å². The molecule has 4 heteroatoms. The molecule has 0 spiro atoms. The summed E-state index contributed by atoms with van der Waals surface area (Å²) >= 11 is 0. The topological polar surface area (TPSA) is 33.7 Å². The zero-order chi connectivity index (χ0) is 13.8. The van der Waals surface area contributed by atoms with E-state index in [1.165, 1.54) is 32.2 Å². The first kappa shape index (κ1) is 16.9. The van der Waals surface area contributed by atoms with Crippen molar-refractivity contribution in [1.82, 2.24) is 10.2 Å². The van der Waals surface area contributed by atoms with Gasteiger partial charge in [-0.15, -0.1) is 0 Å². The summed E-state index contributed by atoms with van der Waals surface area (Å²) in [5.41, 5.74) is 0. The lowest BCUT2D eigenvalue weighted by Crippen LogP contribution is -2.34. The number of hydrogen-bond acceptors (Lipinski definition) is 4. The van der Waals surface area contributed by atoms with E-state index in [0.29, 0.717) is 0 Å². The van der Waals surface area contributed by atoms with Crippen LogP contribution in [0.3, 0.4) is 0 Å². The van der Waals surface area contributed by atoms with Gasteiger partial charge in [-0.25, -0.2) is 0 Å². The van der Waals surface area contributed by atoms with Crippen LogP contribution in [0.25, 0.3) is 0 Å². The third kappa shape index (κ3) is 9.38. The predicted molar refractivity (Wildman–Crippen MR) is 79.6 cm³/mol. The maximum atomic E-state index is 5.39. The molecule has 0 amide bonds. The number of rotatable bonds is 11. The second kappa shape index (κ2) is 11.6. The fourth-order valence-electron chi connectivity index (χ4n) is 2.45. The second-order valence-electron chi connectivity index (χ2n) is 5.47. The summed E-state index contributed by atoms with van der Waals surface area (Å²) < 4.78 is 10.7. The summed E-state index contributed by atoms with van der Waals surface area (Å²) in [4.78, 5) is 2.45. The molecule has 1 rings (SSSR count). The number of ether oxygens (including phenoxy) is 2. The molecule has 0 unspecified atom stereocenters. The van der Waals surface area contributed by atoms with E-state index in [1.807, 2.05) is 6.92 Å². The van der Waals surface area contributed by atoms with Crippen molar-refractivity contribution in [2.24, 2.45) is 5.92 Å². The third-order valence-corrected chi connectivity index (χ3v) is 3.68. The summed E-state index contributed by atoms with van der Waals surface area (Å²) in [6, 6.07) is 0. The van der Waals surface area contributed by atoms with Crippen molar-refractivity contribution in [3.8, 4) is 0 Å². The van der Waals surface area contributed by atoms with Gasteiger partial charge in [-0.3, -0.25) is 0 Å². The molecular formula is C15H32N2O2. The lowest BCUT2D eigenvalue weighted by molar-refractivity contribution is 0.0558. The Morgan fingerprint density at radius 1 is 1.21 bits per heavy atom. The lowest BCUT2D eigenvalue weighted by atomic mass is 10.00. The van der Waals surface area contributed by atoms with Gasteiger partial charge in [0, 0.05) is 46.1 Å². The number of unbranched alkanes of at least 4 members (excludes halogenated alkanes) is 1. The monoisotopic (exact) mass is 272 g/mol. The fraction of sp³-hybridized carbons (Fsp3) is 1.00. The molecule has 0 aromatic rings. The number of nitrogens with one attached hydrogen (secondary N) is 1. The van der Waals surface area contributed by atoms with Crippen LogP contribution in [-0.4, -0.2) is 64.6 Å². The highest BCUT2D eigenvalue weighted by Crippen LogP contribution is 2.15. The summed E-state index contributed by atoms with van der Waals surface area (Å²) in [7, 11) is 2.23. The van der Waals surface area contributed by atoms with Crippen molar-refractivity contribution in [3.63, 3.8) is 0 Å². The van der Waals surface area contributed by atoms with Crippen LogP contribution in [0.4, 0.5) is 0 Å². The van der Waals surface area contributed by atoms with E-state index in [2.05, 4.69) is 17.3 Å². The third-order valence-electron chi connectivity index (χ3n) is 3.68. The van der Waals surface area contributed by atoms with Gasteiger partial charge >= 0.3 is 0 Å². The molecule has 0 atom stereocenters. The van der Waals surface area contributed by atoms with Gasteiger partial charge in [0.05, 0.1) is 0 Å². The van der Waals surface area contributed by atoms with Crippen LogP contribution in [0.15, 0.2) is 0 Å². The predicted octanol–water partition coefficient (Wildman–Crippen LogP) is 1.75. The zero-order valence-electron chi connectivity index (χ0n) is 12.8. The zero-order valence-corrected chi connectivity index (χ0v) is 12.8. The largest absolute Gasteiger partial charge is 0.382 e. The molecule has 19 heavy (non-hydrogen) atoms. The molecule has 0 saturated carbocycles. The summed E-state index contributed by atoms with van der Waals surface area (Å²) in [5.74, 6) is 0.838. The lowest BCUT2D eigenvalue weighted by Gasteiger charge is -2.27. The first-order chi connectivity index (χ1) is 9.33. The molecule has 4 nitrogen and oxygen atoms in total. The number of likely N-dealkylation sites (N-methyl/N-ethyl adjacent to an activating group) is 1. The molecule has 0 aromatic heterocycles. The van der Waals surface area contributed by atoms with Gasteiger partial charge in [0.1, 0.15) is 0 Å². The Hall–Kier alpha value is -0.160. The highest BCUT2D eigenvalue weighted by Gasteiger charge is 2.15. The maximum absolute atomic E-state index is 5.39. The quantitative estimate of drug-likeness (QED) is 0.581. The molecule has 1 saturated heterocycles. The number of nitrogens with zero attached hydrogens (tertiary/aromatic N) is 1. The highest BCUT2D eigenvalue weighted by atomic mass is 16.5. The van der Waals surface area contributed by atoms with E-state index in [1.54, 1.807) is 0 Å². The van der Waals surface area contributed by atoms with Gasteiger partial charge in [-0.05, 0) is 52.1 Å². The molecule has 0 aromatic carbocycles. The Bertz CT molecular complexity index is 197. The van der Waals surface area contributed by atoms with Crippen LogP contribution in [0.5, 0.6) is 0 Å². The van der Waals surface area contributed by atoms with Crippen LogP contribution in [0.1, 0.15) is 32.6 Å². The number of hydrogen-bond donors (Lipinski definition) is 1. The van der Waals surface area contributed by atoms with Crippen molar-refractivity contribution in [2.45, 2.75) is 32.6 Å². The summed E-state index contributed by atoms with van der Waals surface area (Å²) in [6.07, 6.45) is 4.84. The van der Waals surface area contributed by atoms with E-state index in [0.717, 1.165) is 52.0 Å². The van der Waals surface area contributed by atoms with E-state index in [4.69, 9.17) is 9.47 Å². The molecule has 114 valence electrons. The van der Waals surface area contributed by atoms with Crippen molar-refractivity contribution in [3.05, 3.63) is 0 Å². The molecule has 0 radical (unpaired) electrons. The van der Waals surface area contributed by atoms with Crippen LogP contribution < -0.4 is 5.32 Å². The SMILES string of the molecule is CCOCCCCNCCN(C)CC1CCOCC1. The molecule has 1 aliphatic rings. The average Bonchev–Trinajstić information content (AvgIpc) is 2.43. The first-order valence-electron chi connectivity index (χ1n) is 7.87. The van der Waals surface area contributed by atoms with Gasteiger partial charge in [-0.1, -0.05) is 0 Å². The molecule has 1 fully saturated rings. The molecular weight excluding hydrogens is 240 g/mol. The Balaban J connectivity index is 1.85. The molecule has 0 bridgehead atoms. The van der Waals surface area contributed by atoms with E-state index in [9.17, 15) is 0 Å². The second-order valence-corrected chi connectivity index (χ2v) is 5.47. The van der Waals surface area contributed by atoms with Gasteiger partial charge < -0.3 is 19.7 Å². The van der Waals surface area contributed by atoms with Crippen molar-refractivity contribution >= 4 is 0 Å². The van der Waals surface area contributed by atoms with Crippen LogP contribution >= 0.6 is 0 Å². The van der Waals surface area contributed by atoms with E-state index < -0.39 is 0 Å². The van der Waals surface area contributed by atoms with Crippen molar-refractivity contribution in [2.75, 3.05) is 59.7 Å². The van der Waals surface area contributed by atoms with E-state index >= 15 is 0 Å². The van der Waals surface area contributed by atoms with Crippen LogP contribution in [-0.2, 0) is 9.47 Å². The Morgan fingerprint density at radius 3 is 2.74 bits per heavy atom. The van der Waals surface area contributed by atoms with Crippen LogP contribution in [0, 0.1) is 5.92 Å². The standard InChI is InChI=1S/C15H32N2O2/c1-3-18-11-5-4-8-16-9-10-17(2)14-15-6-12-19-13-7-15/h15-16H,3-14H2,1-2H3. The minimum absolute atomic E-state index is 0.838. The van der Waals surface area contributed by atoms with Gasteiger partial charge in [0.25, 0.3) is 0 Å². The summed E-state index contributed by atoms with van der Waals surface area (Å²) in [5, 5.41) is 3.51. The Morgan fingerprint density at radius 2 is 2.00 bits per heavy atom. The first-order valence-corrected chi connectivity index (χ1v) is 7.87. The Kier molecular flexibility index (Phi) is 10.4. The maximum Gasteiger partial charge on any atom is 0.0469 e. The molecule has 0 aliphatic carbocycles. The molecule has 1 N–H and O–H groups in total. The Labute approximate surface area is 118 Å². The van der Waals surface area contributed by atoms with E-state index in [-0.39, 0.29) is 0 Å². The highest BCUT2D eigenvalue weighted by molar-refractivity contribution is 4.67. The van der Waals surface area contributed by atoms with Gasteiger partial charge in [0.15, 0.2) is 0 Å². The molecule has 1 aliphatic heterocycles. The fourth-order valence-corrected chi connectivity index (χ4v) is 2.45. The molecule has 1 heterocycles.